The average molecular weight is 323 g/mol. The molecule has 6 heteroatoms. The van der Waals surface area contributed by atoms with E-state index < -0.39 is 5.54 Å². The molecule has 0 spiro atoms. The quantitative estimate of drug-likeness (QED) is 0.907. The van der Waals surface area contributed by atoms with Crippen LogP contribution in [0.4, 0.5) is 0 Å². The van der Waals surface area contributed by atoms with Crippen LogP contribution in [0.2, 0.25) is 0 Å². The Morgan fingerprint density at radius 2 is 1.86 bits per heavy atom. The van der Waals surface area contributed by atoms with E-state index in [4.69, 9.17) is 5.73 Å². The molecule has 0 bridgehead atoms. The molecule has 0 radical (unpaired) electrons. The van der Waals surface area contributed by atoms with Crippen molar-refractivity contribution in [1.82, 2.24) is 15.1 Å². The summed E-state index contributed by atoms with van der Waals surface area (Å²) in [6.07, 6.45) is 0. The number of benzene rings is 1. The maximum atomic E-state index is 12.0. The maximum absolute atomic E-state index is 12.0. The number of hydrogen-bond donors (Lipinski definition) is 2. The predicted molar refractivity (Wildman–Crippen MR) is 90.9 cm³/mol. The van der Waals surface area contributed by atoms with Crippen LogP contribution in [0.1, 0.15) is 35.6 Å². The summed E-state index contributed by atoms with van der Waals surface area (Å²) in [6, 6.07) is 9.39. The number of nitrogens with two attached hydrogens (primary N) is 1. The highest BCUT2D eigenvalue weighted by molar-refractivity contribution is 5.94. The van der Waals surface area contributed by atoms with Gasteiger partial charge in [-0.05, 0) is 58.0 Å². The monoisotopic (exact) mass is 322 g/mol. The number of aromatic nitrogens is 2. The molecule has 0 saturated carbocycles. The first-order valence-electron chi connectivity index (χ1n) is 6.97. The SMILES string of the molecule is Cc1cc(C)n(-c2ccc(C(=O)NCC(C)(C)N)cc2)n1.Cl. The third-order valence-electron chi connectivity index (χ3n) is 3.09. The first kappa shape index (κ1) is 18.2. The van der Waals surface area contributed by atoms with Crippen molar-refractivity contribution in [2.45, 2.75) is 33.2 Å². The minimum absolute atomic E-state index is 0. The lowest BCUT2D eigenvalue weighted by Gasteiger charge is -2.18. The van der Waals surface area contributed by atoms with Crippen molar-refractivity contribution < 1.29 is 4.79 Å². The second-order valence-corrected chi connectivity index (χ2v) is 6.06. The topological polar surface area (TPSA) is 72.9 Å². The Hall–Kier alpha value is -1.85. The summed E-state index contributed by atoms with van der Waals surface area (Å²) >= 11 is 0. The number of nitrogens with one attached hydrogen (secondary N) is 1. The van der Waals surface area contributed by atoms with Crippen LogP contribution in [0, 0.1) is 13.8 Å². The van der Waals surface area contributed by atoms with Gasteiger partial charge in [-0.2, -0.15) is 5.10 Å². The molecule has 5 nitrogen and oxygen atoms in total. The minimum atomic E-state index is -0.417. The highest BCUT2D eigenvalue weighted by Crippen LogP contribution is 2.13. The van der Waals surface area contributed by atoms with E-state index in [1.807, 2.05) is 50.6 Å². The van der Waals surface area contributed by atoms with Crippen molar-refractivity contribution in [1.29, 1.82) is 0 Å². The molecule has 1 aromatic heterocycles. The molecule has 0 aliphatic carbocycles. The zero-order valence-corrected chi connectivity index (χ0v) is 14.2. The second-order valence-electron chi connectivity index (χ2n) is 6.06. The lowest BCUT2D eigenvalue weighted by atomic mass is 10.1. The summed E-state index contributed by atoms with van der Waals surface area (Å²) in [7, 11) is 0. The summed E-state index contributed by atoms with van der Waals surface area (Å²) in [4.78, 5) is 12.0. The van der Waals surface area contributed by atoms with Crippen molar-refractivity contribution in [3.8, 4) is 5.69 Å². The number of rotatable bonds is 4. The van der Waals surface area contributed by atoms with Crippen LogP contribution in [0.25, 0.3) is 5.69 Å². The average Bonchev–Trinajstić information content (AvgIpc) is 2.74. The molecular weight excluding hydrogens is 300 g/mol. The van der Waals surface area contributed by atoms with Gasteiger partial charge in [0.2, 0.25) is 0 Å². The molecular formula is C16H23ClN4O. The molecule has 2 rings (SSSR count). The van der Waals surface area contributed by atoms with Crippen LogP contribution in [0.5, 0.6) is 0 Å². The van der Waals surface area contributed by atoms with E-state index >= 15 is 0 Å². The van der Waals surface area contributed by atoms with Crippen molar-refractivity contribution >= 4 is 18.3 Å². The van der Waals surface area contributed by atoms with Crippen molar-refractivity contribution in [3.05, 3.63) is 47.3 Å². The van der Waals surface area contributed by atoms with Gasteiger partial charge in [0.1, 0.15) is 0 Å². The number of hydrogen-bond acceptors (Lipinski definition) is 3. The molecule has 0 atom stereocenters. The molecule has 22 heavy (non-hydrogen) atoms. The van der Waals surface area contributed by atoms with Gasteiger partial charge in [0, 0.05) is 23.3 Å². The summed E-state index contributed by atoms with van der Waals surface area (Å²) in [5.41, 5.74) is 9.03. The van der Waals surface area contributed by atoms with Gasteiger partial charge in [-0.25, -0.2) is 4.68 Å². The lowest BCUT2D eigenvalue weighted by Crippen LogP contribution is -2.45. The summed E-state index contributed by atoms with van der Waals surface area (Å²) < 4.78 is 1.86. The van der Waals surface area contributed by atoms with Crippen LogP contribution in [-0.4, -0.2) is 27.8 Å². The summed E-state index contributed by atoms with van der Waals surface area (Å²) in [5.74, 6) is -0.117. The number of nitrogens with zero attached hydrogens (tertiary/aromatic N) is 2. The zero-order chi connectivity index (χ0) is 15.6. The highest BCUT2D eigenvalue weighted by Gasteiger charge is 2.13. The van der Waals surface area contributed by atoms with Gasteiger partial charge in [-0.15, -0.1) is 12.4 Å². The Morgan fingerprint density at radius 3 is 2.32 bits per heavy atom. The molecule has 3 N–H and O–H groups in total. The molecule has 0 aliphatic heterocycles. The van der Waals surface area contributed by atoms with Crippen LogP contribution in [0.15, 0.2) is 30.3 Å². The van der Waals surface area contributed by atoms with Crippen molar-refractivity contribution in [3.63, 3.8) is 0 Å². The van der Waals surface area contributed by atoms with Gasteiger partial charge < -0.3 is 11.1 Å². The first-order chi connectivity index (χ1) is 9.76. The molecule has 2 aromatic rings. The number of carbonyl (C=O) groups is 1. The normalized spacial score (nSPS) is 11.0. The number of carbonyl (C=O) groups excluding carboxylic acids is 1. The van der Waals surface area contributed by atoms with E-state index in [9.17, 15) is 4.79 Å². The lowest BCUT2D eigenvalue weighted by molar-refractivity contribution is 0.0946. The van der Waals surface area contributed by atoms with Crippen LogP contribution in [0.3, 0.4) is 0 Å². The highest BCUT2D eigenvalue weighted by atomic mass is 35.5. The Bertz CT molecular complexity index is 641. The first-order valence-corrected chi connectivity index (χ1v) is 6.97. The van der Waals surface area contributed by atoms with E-state index in [2.05, 4.69) is 10.4 Å². The molecule has 120 valence electrons. The van der Waals surface area contributed by atoms with E-state index in [1.54, 1.807) is 12.1 Å². The second kappa shape index (κ2) is 6.94. The number of amides is 1. The van der Waals surface area contributed by atoms with Crippen LogP contribution < -0.4 is 11.1 Å². The van der Waals surface area contributed by atoms with Crippen LogP contribution in [-0.2, 0) is 0 Å². The molecule has 1 amide bonds. The Balaban J connectivity index is 0.00000242. The molecule has 1 aromatic carbocycles. The van der Waals surface area contributed by atoms with Crippen molar-refractivity contribution in [2.24, 2.45) is 5.73 Å². The maximum Gasteiger partial charge on any atom is 0.251 e. The molecule has 0 saturated heterocycles. The van der Waals surface area contributed by atoms with Gasteiger partial charge in [-0.1, -0.05) is 0 Å². The fourth-order valence-electron chi connectivity index (χ4n) is 2.05. The van der Waals surface area contributed by atoms with E-state index in [-0.39, 0.29) is 18.3 Å². The Labute approximate surface area is 137 Å². The number of aryl methyl sites for hydroxylation is 2. The van der Waals surface area contributed by atoms with E-state index in [1.165, 1.54) is 0 Å². The molecule has 0 fully saturated rings. The standard InChI is InChI=1S/C16H22N4O.ClH/c1-11-9-12(2)20(19-11)14-7-5-13(6-8-14)15(21)18-10-16(3,4)17;/h5-9H,10,17H2,1-4H3,(H,18,21);1H. The van der Waals surface area contributed by atoms with E-state index in [0.29, 0.717) is 12.1 Å². The minimum Gasteiger partial charge on any atom is -0.350 e. The smallest absolute Gasteiger partial charge is 0.251 e. The largest absolute Gasteiger partial charge is 0.350 e. The molecule has 0 aliphatic rings. The third kappa shape index (κ3) is 4.58. The Morgan fingerprint density at radius 1 is 1.27 bits per heavy atom. The summed E-state index contributed by atoms with van der Waals surface area (Å²) in [6.45, 7) is 8.15. The van der Waals surface area contributed by atoms with Crippen molar-refractivity contribution in [2.75, 3.05) is 6.54 Å². The van der Waals surface area contributed by atoms with E-state index in [0.717, 1.165) is 17.1 Å². The van der Waals surface area contributed by atoms with Gasteiger partial charge in [-0.3, -0.25) is 4.79 Å². The number of halogens is 1. The third-order valence-corrected chi connectivity index (χ3v) is 3.09. The fraction of sp³-hybridized carbons (Fsp3) is 0.375. The van der Waals surface area contributed by atoms with Gasteiger partial charge in [0.15, 0.2) is 0 Å². The predicted octanol–water partition coefficient (Wildman–Crippen LogP) is 2.38. The zero-order valence-electron chi connectivity index (χ0n) is 13.4. The summed E-state index contributed by atoms with van der Waals surface area (Å²) in [5, 5.41) is 7.25. The van der Waals surface area contributed by atoms with Gasteiger partial charge in [0.25, 0.3) is 5.91 Å². The molecule has 0 unspecified atom stereocenters. The molecule has 1 heterocycles. The van der Waals surface area contributed by atoms with Gasteiger partial charge in [0.05, 0.1) is 11.4 Å². The van der Waals surface area contributed by atoms with Gasteiger partial charge >= 0.3 is 0 Å². The Kier molecular flexibility index (Phi) is 5.74. The fourth-order valence-corrected chi connectivity index (χ4v) is 2.05. The van der Waals surface area contributed by atoms with Crippen LogP contribution >= 0.6 is 12.4 Å².